The standard InChI is InChI=1S/C20H38NP.C6H10.Ti/c1-10-18(4,5)22(19(6,7)11-2,20(8,9)12-3)21-17-15-13-14-16-17;1-3-5-6-4-2;/h13-15H,10-12,16H2,1-9H3;3-6H,1-2H3;. The second kappa shape index (κ2) is 13.3. The number of allylic oxidation sites excluding steroid dienone is 7. The molecule has 0 aromatic heterocycles. The molecule has 0 spiro atoms. The first kappa shape index (κ1) is 31.1. The molecule has 0 saturated carbocycles. The molecule has 0 aliphatic heterocycles. The van der Waals surface area contributed by atoms with E-state index < -0.39 is 7.05 Å². The maximum absolute atomic E-state index is 5.64. The van der Waals surface area contributed by atoms with E-state index in [-0.39, 0.29) is 37.2 Å². The van der Waals surface area contributed by atoms with Crippen molar-refractivity contribution in [2.75, 3.05) is 0 Å². The van der Waals surface area contributed by atoms with Crippen LogP contribution in [0.3, 0.4) is 0 Å². The van der Waals surface area contributed by atoms with Crippen LogP contribution in [0.4, 0.5) is 0 Å². The van der Waals surface area contributed by atoms with Gasteiger partial charge in [0.2, 0.25) is 0 Å². The van der Waals surface area contributed by atoms with Crippen molar-refractivity contribution in [1.29, 1.82) is 0 Å². The van der Waals surface area contributed by atoms with Crippen LogP contribution in [0.15, 0.2) is 53.0 Å². The number of hydrogen-bond acceptors (Lipinski definition) is 1. The van der Waals surface area contributed by atoms with Crippen LogP contribution in [0.25, 0.3) is 0 Å². The van der Waals surface area contributed by atoms with Gasteiger partial charge in [0, 0.05) is 49.3 Å². The van der Waals surface area contributed by atoms with Crippen molar-refractivity contribution < 1.29 is 21.7 Å². The number of nitrogens with zero attached hydrogens (tertiary/aromatic N) is 1. The van der Waals surface area contributed by atoms with E-state index in [2.05, 4.69) is 80.5 Å². The molecule has 3 heteroatoms. The van der Waals surface area contributed by atoms with Crippen LogP contribution >= 0.6 is 7.05 Å². The Morgan fingerprint density at radius 3 is 1.45 bits per heavy atom. The van der Waals surface area contributed by atoms with Crippen LogP contribution < -0.4 is 0 Å². The predicted molar refractivity (Wildman–Crippen MR) is 134 cm³/mol. The van der Waals surface area contributed by atoms with Crippen molar-refractivity contribution in [3.63, 3.8) is 0 Å². The fourth-order valence-electron chi connectivity index (χ4n) is 4.48. The van der Waals surface area contributed by atoms with Crippen molar-refractivity contribution in [1.82, 2.24) is 0 Å². The smallest absolute Gasteiger partial charge is 0.0425 e. The Morgan fingerprint density at radius 1 is 0.828 bits per heavy atom. The van der Waals surface area contributed by atoms with Crippen molar-refractivity contribution in [3.05, 3.63) is 48.2 Å². The third kappa shape index (κ3) is 7.23. The van der Waals surface area contributed by atoms with E-state index >= 15 is 0 Å². The fraction of sp³-hybridized carbons (Fsp3) is 0.692. The maximum atomic E-state index is 5.64. The van der Waals surface area contributed by atoms with Gasteiger partial charge >= 0.3 is 0 Å². The van der Waals surface area contributed by atoms with Crippen molar-refractivity contribution in [3.8, 4) is 0 Å². The third-order valence-corrected chi connectivity index (χ3v) is 13.5. The van der Waals surface area contributed by atoms with E-state index in [4.69, 9.17) is 4.74 Å². The van der Waals surface area contributed by atoms with Crippen LogP contribution in [-0.4, -0.2) is 15.5 Å². The molecule has 1 aliphatic carbocycles. The van der Waals surface area contributed by atoms with E-state index in [1.54, 1.807) is 0 Å². The Bertz CT molecular complexity index is 588. The van der Waals surface area contributed by atoms with E-state index in [9.17, 15) is 0 Å². The summed E-state index contributed by atoms with van der Waals surface area (Å²) in [6, 6.07) is 0. The normalized spacial score (nSPS) is 15.2. The summed E-state index contributed by atoms with van der Waals surface area (Å²) in [7, 11) is -1.64. The first-order valence-electron chi connectivity index (χ1n) is 11.1. The maximum Gasteiger partial charge on any atom is 0.0425 e. The fourth-order valence-corrected chi connectivity index (χ4v) is 12.1. The van der Waals surface area contributed by atoms with Crippen molar-refractivity contribution >= 4 is 7.05 Å². The second-order valence-corrected chi connectivity index (χ2v) is 14.7. The molecule has 0 bridgehead atoms. The quantitative estimate of drug-likeness (QED) is 0.197. The number of rotatable bonds is 8. The van der Waals surface area contributed by atoms with Crippen LogP contribution in [-0.2, 0) is 21.7 Å². The van der Waals surface area contributed by atoms with Gasteiger partial charge in [-0.25, -0.2) is 0 Å². The van der Waals surface area contributed by atoms with E-state index in [1.807, 2.05) is 38.2 Å². The Kier molecular flexibility index (Phi) is 14.3. The molecule has 0 heterocycles. The SMILES string of the molecule is CC=CC=CC.CCC(C)(C)P(=NC1=CC=CC1)(C(C)(C)CC)C(C)(C)CC.[Ti]. The summed E-state index contributed by atoms with van der Waals surface area (Å²) in [4.78, 5) is 0. The third-order valence-electron chi connectivity index (χ3n) is 6.75. The van der Waals surface area contributed by atoms with Gasteiger partial charge in [0.25, 0.3) is 0 Å². The van der Waals surface area contributed by atoms with Crippen LogP contribution in [0, 0.1) is 0 Å². The molecule has 0 saturated heterocycles. The first-order chi connectivity index (χ1) is 12.9. The van der Waals surface area contributed by atoms with Gasteiger partial charge < -0.3 is 0 Å². The molecule has 0 atom stereocenters. The summed E-state index contributed by atoms with van der Waals surface area (Å²) < 4.78 is 5.64. The van der Waals surface area contributed by atoms with Gasteiger partial charge in [-0.05, 0) is 46.2 Å². The van der Waals surface area contributed by atoms with Crippen molar-refractivity contribution in [2.45, 2.75) is 117 Å². The van der Waals surface area contributed by atoms with Gasteiger partial charge in [0.1, 0.15) is 0 Å². The van der Waals surface area contributed by atoms with Crippen LogP contribution in [0.5, 0.6) is 0 Å². The summed E-state index contributed by atoms with van der Waals surface area (Å²) in [5.41, 5.74) is 1.30. The largest absolute Gasteiger partial charge is 0.270 e. The average Bonchev–Trinajstić information content (AvgIpc) is 3.17. The van der Waals surface area contributed by atoms with Crippen molar-refractivity contribution in [2.24, 2.45) is 4.74 Å². The van der Waals surface area contributed by atoms with E-state index in [0.717, 1.165) is 6.42 Å². The topological polar surface area (TPSA) is 12.4 Å². The van der Waals surface area contributed by atoms with Crippen LogP contribution in [0.1, 0.15) is 102 Å². The minimum atomic E-state index is -1.64. The molecule has 0 radical (unpaired) electrons. The summed E-state index contributed by atoms with van der Waals surface area (Å²) in [5.74, 6) is 0. The minimum absolute atomic E-state index is 0. The molecular weight excluding hydrogens is 405 g/mol. The van der Waals surface area contributed by atoms with E-state index in [0.29, 0.717) is 0 Å². The molecule has 1 rings (SSSR count). The van der Waals surface area contributed by atoms with Gasteiger partial charge in [-0.1, -0.05) is 98.8 Å². The summed E-state index contributed by atoms with van der Waals surface area (Å²) in [5, 5.41) is 0.778. The molecule has 0 unspecified atom stereocenters. The van der Waals surface area contributed by atoms with Crippen LogP contribution in [0.2, 0.25) is 0 Å². The zero-order valence-corrected chi connectivity index (χ0v) is 23.7. The molecule has 1 nitrogen and oxygen atoms in total. The Balaban J connectivity index is 0. The van der Waals surface area contributed by atoms with Gasteiger partial charge in [0.15, 0.2) is 0 Å². The summed E-state index contributed by atoms with van der Waals surface area (Å²) in [6.07, 6.45) is 19.2. The Hall–Kier alpha value is -0.0957. The minimum Gasteiger partial charge on any atom is -0.270 e. The van der Waals surface area contributed by atoms with Gasteiger partial charge in [-0.15, -0.1) is 0 Å². The molecular formula is C26H48NPTi. The van der Waals surface area contributed by atoms with Gasteiger partial charge in [0.05, 0.1) is 0 Å². The molecule has 1 aliphatic rings. The molecule has 166 valence electrons. The zero-order valence-electron chi connectivity index (χ0n) is 21.3. The predicted octanol–water partition coefficient (Wildman–Crippen LogP) is 9.73. The average molecular weight is 454 g/mol. The molecule has 0 aromatic carbocycles. The Labute approximate surface area is 198 Å². The molecule has 0 fully saturated rings. The monoisotopic (exact) mass is 453 g/mol. The first-order valence-corrected chi connectivity index (χ1v) is 12.9. The van der Waals surface area contributed by atoms with E-state index in [1.165, 1.54) is 25.0 Å². The molecule has 0 N–H and O–H groups in total. The van der Waals surface area contributed by atoms with Gasteiger partial charge in [-0.2, -0.15) is 0 Å². The molecule has 0 aromatic rings. The zero-order chi connectivity index (χ0) is 22.1. The summed E-state index contributed by atoms with van der Waals surface area (Å²) >= 11 is 0. The summed E-state index contributed by atoms with van der Waals surface area (Å²) in [6.45, 7) is 25.9. The Morgan fingerprint density at radius 2 is 1.21 bits per heavy atom. The second-order valence-electron chi connectivity index (χ2n) is 9.58. The molecule has 0 amide bonds. The molecule has 29 heavy (non-hydrogen) atoms. The van der Waals surface area contributed by atoms with Gasteiger partial charge in [-0.3, -0.25) is 4.74 Å². The number of hydrogen-bond donors (Lipinski definition) is 0.